The van der Waals surface area contributed by atoms with Crippen LogP contribution in [-0.4, -0.2) is 42.0 Å². The zero-order valence-corrected chi connectivity index (χ0v) is 19.2. The third-order valence-electron chi connectivity index (χ3n) is 5.01. The molecule has 1 fully saturated rings. The zero-order valence-electron chi connectivity index (χ0n) is 17.6. The summed E-state index contributed by atoms with van der Waals surface area (Å²) in [6.45, 7) is 4.51. The van der Waals surface area contributed by atoms with Crippen molar-refractivity contribution in [1.82, 2.24) is 9.29 Å². The zero-order chi connectivity index (χ0) is 23.5. The van der Waals surface area contributed by atoms with Crippen LogP contribution >= 0.6 is 11.8 Å². The van der Waals surface area contributed by atoms with Gasteiger partial charge in [-0.3, -0.25) is 4.79 Å². The van der Waals surface area contributed by atoms with Gasteiger partial charge in [-0.2, -0.15) is 17.5 Å². The molecule has 11 heteroatoms. The van der Waals surface area contributed by atoms with Crippen molar-refractivity contribution < 1.29 is 26.4 Å². The van der Waals surface area contributed by atoms with E-state index in [2.05, 4.69) is 10.3 Å². The number of aromatic nitrogens is 1. The van der Waals surface area contributed by atoms with Gasteiger partial charge in [0.25, 0.3) is 0 Å². The quantitative estimate of drug-likeness (QED) is 0.576. The van der Waals surface area contributed by atoms with Crippen LogP contribution in [0, 0.1) is 5.92 Å². The van der Waals surface area contributed by atoms with Gasteiger partial charge in [-0.25, -0.2) is 13.4 Å². The third kappa shape index (κ3) is 5.62. The number of thioether (sulfide) groups is 1. The standard InChI is InChI=1S/C21H24F3N3O3S2/c1-14(2)19(20(28)26-17-8-4-3-7-16(17)21(22,23)24)31-18-10-9-15(13-25-18)32(29,30)27-11-5-6-12-27/h3-4,7-10,13-14,19H,5-6,11-12H2,1-2H3,(H,26,28). The van der Waals surface area contributed by atoms with Crippen LogP contribution in [0.25, 0.3) is 0 Å². The second kappa shape index (κ2) is 9.80. The Morgan fingerprint density at radius 1 is 1.12 bits per heavy atom. The molecule has 174 valence electrons. The first-order valence-electron chi connectivity index (χ1n) is 10.1. The van der Waals surface area contributed by atoms with Gasteiger partial charge in [-0.1, -0.05) is 37.7 Å². The summed E-state index contributed by atoms with van der Waals surface area (Å²) >= 11 is 1.08. The highest BCUT2D eigenvalue weighted by molar-refractivity contribution is 8.00. The highest BCUT2D eigenvalue weighted by atomic mass is 32.2. The van der Waals surface area contributed by atoms with E-state index in [1.807, 2.05) is 0 Å². The Morgan fingerprint density at radius 3 is 2.34 bits per heavy atom. The summed E-state index contributed by atoms with van der Waals surface area (Å²) in [6.07, 6.45) is -1.70. The molecule has 0 bridgehead atoms. The van der Waals surface area contributed by atoms with Crippen molar-refractivity contribution in [1.29, 1.82) is 0 Å². The largest absolute Gasteiger partial charge is 0.418 e. The van der Waals surface area contributed by atoms with Gasteiger partial charge in [-0.15, -0.1) is 0 Å². The van der Waals surface area contributed by atoms with Gasteiger partial charge >= 0.3 is 6.18 Å². The summed E-state index contributed by atoms with van der Waals surface area (Å²) < 4.78 is 66.4. The minimum Gasteiger partial charge on any atom is -0.325 e. The van der Waals surface area contributed by atoms with Crippen LogP contribution in [0.2, 0.25) is 0 Å². The van der Waals surface area contributed by atoms with Gasteiger partial charge in [-0.05, 0) is 43.0 Å². The summed E-state index contributed by atoms with van der Waals surface area (Å²) in [5.74, 6) is -0.801. The number of para-hydroxylation sites is 1. The van der Waals surface area contributed by atoms with E-state index in [1.54, 1.807) is 13.8 Å². The van der Waals surface area contributed by atoms with Crippen molar-refractivity contribution in [3.05, 3.63) is 48.2 Å². The average Bonchev–Trinajstić information content (AvgIpc) is 3.27. The molecule has 1 aromatic carbocycles. The molecule has 3 rings (SSSR count). The molecule has 1 amide bonds. The highest BCUT2D eigenvalue weighted by Crippen LogP contribution is 2.36. The van der Waals surface area contributed by atoms with Crippen LogP contribution in [0.15, 0.2) is 52.5 Å². The molecule has 6 nitrogen and oxygen atoms in total. The number of sulfonamides is 1. The number of amides is 1. The van der Waals surface area contributed by atoms with Crippen LogP contribution < -0.4 is 5.32 Å². The predicted molar refractivity (Wildman–Crippen MR) is 117 cm³/mol. The van der Waals surface area contributed by atoms with E-state index < -0.39 is 32.9 Å². The molecule has 32 heavy (non-hydrogen) atoms. The molecule has 1 aromatic heterocycles. The number of halogens is 3. The molecule has 0 radical (unpaired) electrons. The van der Waals surface area contributed by atoms with Gasteiger partial charge in [0.2, 0.25) is 15.9 Å². The number of hydrogen-bond donors (Lipinski definition) is 1. The van der Waals surface area contributed by atoms with Gasteiger partial charge in [0, 0.05) is 19.3 Å². The van der Waals surface area contributed by atoms with Crippen LogP contribution in [0.3, 0.4) is 0 Å². The number of benzene rings is 1. The van der Waals surface area contributed by atoms with E-state index in [-0.39, 0.29) is 16.5 Å². The van der Waals surface area contributed by atoms with Crippen LogP contribution in [-0.2, 0) is 21.0 Å². The number of hydrogen-bond acceptors (Lipinski definition) is 5. The molecule has 1 atom stereocenters. The fraction of sp³-hybridized carbons (Fsp3) is 0.429. The molecule has 1 saturated heterocycles. The van der Waals surface area contributed by atoms with Crippen molar-refractivity contribution in [2.24, 2.45) is 5.92 Å². The molecule has 1 aliphatic rings. The summed E-state index contributed by atoms with van der Waals surface area (Å²) in [5.41, 5.74) is -1.23. The SMILES string of the molecule is CC(C)C(Sc1ccc(S(=O)(=O)N2CCCC2)cn1)C(=O)Nc1ccccc1C(F)(F)F. The molecule has 2 aromatic rings. The molecule has 1 aliphatic heterocycles. The summed E-state index contributed by atoms with van der Waals surface area (Å²) in [4.78, 5) is 17.1. The Hall–Kier alpha value is -2.11. The van der Waals surface area contributed by atoms with Gasteiger partial charge in [0.1, 0.15) is 4.90 Å². The number of nitrogens with zero attached hydrogens (tertiary/aromatic N) is 2. The van der Waals surface area contributed by atoms with Gasteiger partial charge in [0.15, 0.2) is 0 Å². The number of anilines is 1. The van der Waals surface area contributed by atoms with E-state index >= 15 is 0 Å². The molecule has 0 spiro atoms. The van der Waals surface area contributed by atoms with E-state index in [0.29, 0.717) is 18.1 Å². The van der Waals surface area contributed by atoms with Crippen molar-refractivity contribution in [2.75, 3.05) is 18.4 Å². The van der Waals surface area contributed by atoms with E-state index in [9.17, 15) is 26.4 Å². The fourth-order valence-electron chi connectivity index (χ4n) is 3.33. The first-order valence-corrected chi connectivity index (χ1v) is 12.4. The molecule has 1 unspecified atom stereocenters. The molecule has 2 heterocycles. The lowest BCUT2D eigenvalue weighted by atomic mass is 10.1. The van der Waals surface area contributed by atoms with Crippen LogP contribution in [0.4, 0.5) is 18.9 Å². The maximum absolute atomic E-state index is 13.2. The Kier molecular flexibility index (Phi) is 7.51. The van der Waals surface area contributed by atoms with Crippen molar-refractivity contribution >= 4 is 33.4 Å². The first kappa shape index (κ1) is 24.5. The minimum absolute atomic E-state index is 0.0772. The summed E-state index contributed by atoms with van der Waals surface area (Å²) in [5, 5.41) is 2.06. The van der Waals surface area contributed by atoms with E-state index in [0.717, 1.165) is 30.7 Å². The highest BCUT2D eigenvalue weighted by Gasteiger charge is 2.35. The second-order valence-electron chi connectivity index (χ2n) is 7.76. The maximum Gasteiger partial charge on any atom is 0.418 e. The smallest absolute Gasteiger partial charge is 0.325 e. The number of carbonyl (C=O) groups excluding carboxylic acids is 1. The van der Waals surface area contributed by atoms with Gasteiger partial charge < -0.3 is 5.32 Å². The number of pyridine rings is 1. The molecule has 0 aliphatic carbocycles. The molecule has 1 N–H and O–H groups in total. The topological polar surface area (TPSA) is 79.4 Å². The number of nitrogens with one attached hydrogen (secondary N) is 1. The Morgan fingerprint density at radius 2 is 1.78 bits per heavy atom. The van der Waals surface area contributed by atoms with E-state index in [1.165, 1.54) is 40.8 Å². The van der Waals surface area contributed by atoms with Gasteiger partial charge in [0.05, 0.1) is 21.5 Å². The molecular formula is C21H24F3N3O3S2. The van der Waals surface area contributed by atoms with Crippen molar-refractivity contribution in [3.8, 4) is 0 Å². The molecular weight excluding hydrogens is 463 g/mol. The normalized spacial score (nSPS) is 16.3. The molecule has 0 saturated carbocycles. The first-order chi connectivity index (χ1) is 15.0. The van der Waals surface area contributed by atoms with E-state index in [4.69, 9.17) is 0 Å². The van der Waals surface area contributed by atoms with Crippen LogP contribution in [0.5, 0.6) is 0 Å². The Labute approximate surface area is 189 Å². The Balaban J connectivity index is 1.75. The lowest BCUT2D eigenvalue weighted by molar-refractivity contribution is -0.137. The number of carbonyl (C=O) groups is 1. The predicted octanol–water partition coefficient (Wildman–Crippen LogP) is 4.64. The number of rotatable bonds is 7. The van der Waals surface area contributed by atoms with Crippen molar-refractivity contribution in [2.45, 2.75) is 48.0 Å². The Bertz CT molecular complexity index is 1050. The summed E-state index contributed by atoms with van der Waals surface area (Å²) in [6, 6.07) is 7.75. The number of alkyl halides is 3. The maximum atomic E-state index is 13.2. The lowest BCUT2D eigenvalue weighted by Crippen LogP contribution is -2.30. The van der Waals surface area contributed by atoms with Crippen LogP contribution in [0.1, 0.15) is 32.3 Å². The fourth-order valence-corrected chi connectivity index (χ4v) is 5.75. The lowest BCUT2D eigenvalue weighted by Gasteiger charge is -2.21. The monoisotopic (exact) mass is 487 g/mol. The second-order valence-corrected chi connectivity index (χ2v) is 10.9. The summed E-state index contributed by atoms with van der Waals surface area (Å²) in [7, 11) is -3.60. The van der Waals surface area contributed by atoms with Crippen molar-refractivity contribution in [3.63, 3.8) is 0 Å². The third-order valence-corrected chi connectivity index (χ3v) is 8.39. The average molecular weight is 488 g/mol. The minimum atomic E-state index is -4.59.